The van der Waals surface area contributed by atoms with Crippen LogP contribution in [0.2, 0.25) is 0 Å². The lowest BCUT2D eigenvalue weighted by molar-refractivity contribution is 0.0532. The summed E-state index contributed by atoms with van der Waals surface area (Å²) in [6.07, 6.45) is 5.36. The van der Waals surface area contributed by atoms with Gasteiger partial charge in [0.2, 0.25) is 0 Å². The zero-order valence-corrected chi connectivity index (χ0v) is 13.6. The van der Waals surface area contributed by atoms with Gasteiger partial charge in [-0.1, -0.05) is 18.6 Å². The number of aromatic nitrogens is 3. The Balaban J connectivity index is 2.00. The van der Waals surface area contributed by atoms with Crippen molar-refractivity contribution < 1.29 is 4.79 Å². The van der Waals surface area contributed by atoms with Gasteiger partial charge in [0.25, 0.3) is 5.91 Å². The molecule has 1 fully saturated rings. The highest BCUT2D eigenvalue weighted by molar-refractivity contribution is 5.98. The smallest absolute Gasteiger partial charge is 0.256 e. The maximum Gasteiger partial charge on any atom is 0.256 e. The van der Waals surface area contributed by atoms with E-state index in [0.29, 0.717) is 23.7 Å². The van der Waals surface area contributed by atoms with E-state index in [1.165, 1.54) is 4.80 Å². The maximum absolute atomic E-state index is 13.2. The van der Waals surface area contributed by atoms with E-state index in [-0.39, 0.29) is 11.9 Å². The molecule has 1 aromatic heterocycles. The third kappa shape index (κ3) is 2.99. The highest BCUT2D eigenvalue weighted by Crippen LogP contribution is 2.26. The van der Waals surface area contributed by atoms with Gasteiger partial charge in [-0.05, 0) is 37.8 Å². The molecule has 0 spiro atoms. The quantitative estimate of drug-likeness (QED) is 0.937. The van der Waals surface area contributed by atoms with Crippen molar-refractivity contribution in [2.75, 3.05) is 13.1 Å². The van der Waals surface area contributed by atoms with Gasteiger partial charge >= 0.3 is 0 Å². The fourth-order valence-electron chi connectivity index (χ4n) is 3.35. The van der Waals surface area contributed by atoms with Crippen LogP contribution in [0.1, 0.15) is 35.7 Å². The van der Waals surface area contributed by atoms with Gasteiger partial charge in [0.1, 0.15) is 0 Å². The fraction of sp³-hybridized carbons (Fsp3) is 0.471. The number of amides is 1. The Morgan fingerprint density at radius 2 is 2.09 bits per heavy atom. The number of nitrogens with zero attached hydrogens (tertiary/aromatic N) is 4. The molecule has 2 aromatic rings. The number of hydrogen-bond donors (Lipinski definition) is 1. The molecule has 2 N–H and O–H groups in total. The molecule has 2 heterocycles. The Hall–Kier alpha value is -2.21. The lowest BCUT2D eigenvalue weighted by Gasteiger charge is -2.39. The second-order valence-corrected chi connectivity index (χ2v) is 6.26. The van der Waals surface area contributed by atoms with E-state index in [0.717, 1.165) is 24.9 Å². The van der Waals surface area contributed by atoms with E-state index >= 15 is 0 Å². The summed E-state index contributed by atoms with van der Waals surface area (Å²) in [6.45, 7) is 5.40. The largest absolute Gasteiger partial charge is 0.334 e. The molecular weight excluding hydrogens is 290 g/mol. The van der Waals surface area contributed by atoms with Gasteiger partial charge in [-0.25, -0.2) is 0 Å². The molecule has 2 atom stereocenters. The second-order valence-electron chi connectivity index (χ2n) is 6.26. The maximum atomic E-state index is 13.2. The van der Waals surface area contributed by atoms with Gasteiger partial charge < -0.3 is 10.6 Å². The fourth-order valence-corrected chi connectivity index (χ4v) is 3.35. The van der Waals surface area contributed by atoms with Crippen molar-refractivity contribution in [1.29, 1.82) is 0 Å². The molecule has 0 unspecified atom stereocenters. The molecule has 6 nitrogen and oxygen atoms in total. The highest BCUT2D eigenvalue weighted by Gasteiger charge is 2.32. The number of piperidine rings is 1. The summed E-state index contributed by atoms with van der Waals surface area (Å²) < 4.78 is 0. The average molecular weight is 313 g/mol. The van der Waals surface area contributed by atoms with Crippen LogP contribution >= 0.6 is 0 Å². The first-order valence-corrected chi connectivity index (χ1v) is 8.10. The standard InChI is InChI=1S/C17H23N5O/c1-12-5-6-15(22-19-7-8-20-22)14(10-12)17(23)21-9-3-4-13(2)16(21)11-18/h5-8,10,13,16H,3-4,9,11,18H2,1-2H3/t13-,16-/m1/s1. The number of aryl methyl sites for hydroxylation is 1. The summed E-state index contributed by atoms with van der Waals surface area (Å²) in [5.41, 5.74) is 8.32. The molecule has 1 aliphatic heterocycles. The van der Waals surface area contributed by atoms with Crippen LogP contribution in [-0.2, 0) is 0 Å². The summed E-state index contributed by atoms with van der Waals surface area (Å²) in [6, 6.07) is 5.87. The zero-order chi connectivity index (χ0) is 16.4. The van der Waals surface area contributed by atoms with Crippen molar-refractivity contribution >= 4 is 5.91 Å². The molecule has 23 heavy (non-hydrogen) atoms. The number of likely N-dealkylation sites (tertiary alicyclic amines) is 1. The predicted molar refractivity (Wildman–Crippen MR) is 88.4 cm³/mol. The summed E-state index contributed by atoms with van der Waals surface area (Å²) in [5, 5.41) is 8.34. The number of hydrogen-bond acceptors (Lipinski definition) is 4. The number of carbonyl (C=O) groups excluding carboxylic acids is 1. The van der Waals surface area contributed by atoms with Crippen LogP contribution < -0.4 is 5.73 Å². The summed E-state index contributed by atoms with van der Waals surface area (Å²) in [7, 11) is 0. The van der Waals surface area contributed by atoms with E-state index in [4.69, 9.17) is 5.73 Å². The minimum absolute atomic E-state index is 0.0167. The third-order valence-electron chi connectivity index (χ3n) is 4.63. The van der Waals surface area contributed by atoms with Crippen LogP contribution in [0, 0.1) is 12.8 Å². The van der Waals surface area contributed by atoms with Crippen molar-refractivity contribution in [3.8, 4) is 5.69 Å². The number of benzene rings is 1. The van der Waals surface area contributed by atoms with Crippen molar-refractivity contribution in [3.63, 3.8) is 0 Å². The molecule has 0 bridgehead atoms. The number of nitrogens with two attached hydrogens (primary N) is 1. The SMILES string of the molecule is Cc1ccc(-n2nccn2)c(C(=O)N2CCC[C@@H](C)[C@H]2CN)c1. The predicted octanol–water partition coefficient (Wildman–Crippen LogP) is 1.78. The van der Waals surface area contributed by atoms with Crippen molar-refractivity contribution in [1.82, 2.24) is 19.9 Å². The van der Waals surface area contributed by atoms with Gasteiger partial charge in [0.15, 0.2) is 0 Å². The molecule has 6 heteroatoms. The summed E-state index contributed by atoms with van der Waals surface area (Å²) in [4.78, 5) is 16.6. The molecule has 0 saturated carbocycles. The van der Waals surface area contributed by atoms with Crippen LogP contribution in [0.25, 0.3) is 5.69 Å². The van der Waals surface area contributed by atoms with Gasteiger partial charge in [-0.15, -0.1) is 0 Å². The first-order chi connectivity index (χ1) is 11.1. The highest BCUT2D eigenvalue weighted by atomic mass is 16.2. The normalized spacial score (nSPS) is 21.4. The van der Waals surface area contributed by atoms with E-state index in [2.05, 4.69) is 17.1 Å². The van der Waals surface area contributed by atoms with Crippen molar-refractivity contribution in [2.45, 2.75) is 32.7 Å². The molecule has 1 aromatic carbocycles. The van der Waals surface area contributed by atoms with Crippen LogP contribution in [0.15, 0.2) is 30.6 Å². The molecular formula is C17H23N5O. The van der Waals surface area contributed by atoms with Gasteiger partial charge in [-0.3, -0.25) is 4.79 Å². The van der Waals surface area contributed by atoms with E-state index < -0.39 is 0 Å². The first kappa shape index (κ1) is 15.7. The topological polar surface area (TPSA) is 77.0 Å². The second kappa shape index (κ2) is 6.50. The van der Waals surface area contributed by atoms with Gasteiger partial charge in [0, 0.05) is 19.1 Å². The van der Waals surface area contributed by atoms with Crippen molar-refractivity contribution in [2.24, 2.45) is 11.7 Å². The summed E-state index contributed by atoms with van der Waals surface area (Å²) >= 11 is 0. The van der Waals surface area contributed by atoms with Gasteiger partial charge in [0.05, 0.1) is 23.6 Å². The number of carbonyl (C=O) groups is 1. The zero-order valence-electron chi connectivity index (χ0n) is 13.6. The summed E-state index contributed by atoms with van der Waals surface area (Å²) in [5.74, 6) is 0.441. The number of rotatable bonds is 3. The Morgan fingerprint density at radius 3 is 2.78 bits per heavy atom. The Morgan fingerprint density at radius 1 is 1.35 bits per heavy atom. The van der Waals surface area contributed by atoms with Gasteiger partial charge in [-0.2, -0.15) is 15.0 Å². The van der Waals surface area contributed by atoms with E-state index in [1.54, 1.807) is 12.4 Å². The van der Waals surface area contributed by atoms with E-state index in [1.807, 2.05) is 30.0 Å². The first-order valence-electron chi connectivity index (χ1n) is 8.10. The van der Waals surface area contributed by atoms with Crippen LogP contribution in [0.5, 0.6) is 0 Å². The molecule has 1 saturated heterocycles. The lowest BCUT2D eigenvalue weighted by atomic mass is 9.90. The monoisotopic (exact) mass is 313 g/mol. The molecule has 0 aliphatic carbocycles. The minimum Gasteiger partial charge on any atom is -0.334 e. The van der Waals surface area contributed by atoms with Crippen LogP contribution in [-0.4, -0.2) is 44.9 Å². The Labute approximate surface area is 136 Å². The van der Waals surface area contributed by atoms with Crippen molar-refractivity contribution in [3.05, 3.63) is 41.7 Å². The Bertz CT molecular complexity index is 682. The molecule has 0 radical (unpaired) electrons. The molecule has 1 aliphatic rings. The average Bonchev–Trinajstić information content (AvgIpc) is 3.08. The molecule has 3 rings (SSSR count). The molecule has 1 amide bonds. The third-order valence-corrected chi connectivity index (χ3v) is 4.63. The lowest BCUT2D eigenvalue weighted by Crippen LogP contribution is -2.51. The van der Waals surface area contributed by atoms with Crippen LogP contribution in [0.4, 0.5) is 0 Å². The van der Waals surface area contributed by atoms with Crippen LogP contribution in [0.3, 0.4) is 0 Å². The minimum atomic E-state index is 0.0167. The van der Waals surface area contributed by atoms with E-state index in [9.17, 15) is 4.79 Å². The Kier molecular flexibility index (Phi) is 4.43. The molecule has 122 valence electrons.